The first kappa shape index (κ1) is 16.7. The second-order valence-electron chi connectivity index (χ2n) is 7.13. The Bertz CT molecular complexity index is 1270. The summed E-state index contributed by atoms with van der Waals surface area (Å²) in [6.07, 6.45) is 6.44. The molecule has 140 valence electrons. The summed E-state index contributed by atoms with van der Waals surface area (Å²) in [6.45, 7) is 1.04. The van der Waals surface area contributed by atoms with E-state index in [0.717, 1.165) is 41.6 Å². The van der Waals surface area contributed by atoms with Crippen molar-refractivity contribution in [2.75, 3.05) is 0 Å². The van der Waals surface area contributed by atoms with E-state index in [2.05, 4.69) is 20.6 Å². The lowest BCUT2D eigenvalue weighted by molar-refractivity contribution is 0.597. The first-order valence-electron chi connectivity index (χ1n) is 9.50. The summed E-state index contributed by atoms with van der Waals surface area (Å²) in [4.78, 5) is 26.4. The minimum absolute atomic E-state index is 0.0615. The molecule has 1 fully saturated rings. The molecule has 1 aliphatic rings. The molecule has 3 heterocycles. The highest BCUT2D eigenvalue weighted by Crippen LogP contribution is 2.35. The maximum Gasteiger partial charge on any atom is 0.331 e. The van der Waals surface area contributed by atoms with Crippen molar-refractivity contribution in [2.24, 2.45) is 0 Å². The molecule has 0 unspecified atom stereocenters. The number of unbranched alkanes of at least 4 members (excludes halogenated alkanes) is 1. The van der Waals surface area contributed by atoms with Crippen molar-refractivity contribution in [3.05, 3.63) is 53.1 Å². The van der Waals surface area contributed by atoms with Crippen molar-refractivity contribution < 1.29 is 0 Å². The van der Waals surface area contributed by atoms with Gasteiger partial charge in [-0.1, -0.05) is 12.1 Å². The Morgan fingerprint density at radius 3 is 2.86 bits per heavy atom. The molecule has 0 atom stereocenters. The molecule has 5 rings (SSSR count). The van der Waals surface area contributed by atoms with Gasteiger partial charge in [0.25, 0.3) is 0 Å². The molecule has 8 heteroatoms. The molecule has 1 saturated carbocycles. The topological polar surface area (TPSA) is 94.3 Å². The van der Waals surface area contributed by atoms with Crippen LogP contribution in [0.25, 0.3) is 22.2 Å². The van der Waals surface area contributed by atoms with Crippen LogP contribution >= 0.6 is 0 Å². The monoisotopic (exact) mass is 373 g/mol. The molecular formula is C20H19N7O. The minimum atomic E-state index is -0.0615. The lowest BCUT2D eigenvalue weighted by atomic mass is 10.3. The number of aryl methyl sites for hydroxylation is 1. The molecule has 8 nitrogen and oxygen atoms in total. The van der Waals surface area contributed by atoms with E-state index in [-0.39, 0.29) is 11.7 Å². The zero-order valence-corrected chi connectivity index (χ0v) is 15.3. The largest absolute Gasteiger partial charge is 0.331 e. The van der Waals surface area contributed by atoms with Crippen LogP contribution in [0.3, 0.4) is 0 Å². The summed E-state index contributed by atoms with van der Waals surface area (Å²) >= 11 is 0. The highest BCUT2D eigenvalue weighted by atomic mass is 16.2. The molecule has 1 aromatic carbocycles. The van der Waals surface area contributed by atoms with Crippen molar-refractivity contribution in [1.82, 2.24) is 28.7 Å². The van der Waals surface area contributed by atoms with Gasteiger partial charge in [-0.05, 0) is 31.4 Å². The van der Waals surface area contributed by atoms with Crippen LogP contribution in [0.4, 0.5) is 0 Å². The normalized spacial score (nSPS) is 14.0. The van der Waals surface area contributed by atoms with Crippen molar-refractivity contribution in [3.63, 3.8) is 0 Å². The van der Waals surface area contributed by atoms with Crippen LogP contribution in [0.5, 0.6) is 0 Å². The zero-order chi connectivity index (χ0) is 19.1. The maximum atomic E-state index is 13.1. The van der Waals surface area contributed by atoms with E-state index >= 15 is 0 Å². The van der Waals surface area contributed by atoms with Gasteiger partial charge in [0.2, 0.25) is 0 Å². The van der Waals surface area contributed by atoms with E-state index in [1.807, 2.05) is 24.3 Å². The van der Waals surface area contributed by atoms with Gasteiger partial charge in [-0.2, -0.15) is 5.26 Å². The van der Waals surface area contributed by atoms with E-state index in [1.165, 1.54) is 6.33 Å². The lowest BCUT2D eigenvalue weighted by Gasteiger charge is -2.09. The Morgan fingerprint density at radius 2 is 2.04 bits per heavy atom. The van der Waals surface area contributed by atoms with E-state index in [4.69, 9.17) is 10.2 Å². The number of hydrogen-bond donors (Lipinski definition) is 0. The summed E-state index contributed by atoms with van der Waals surface area (Å²) in [6, 6.07) is 10.4. The maximum absolute atomic E-state index is 13.1. The average Bonchev–Trinajstić information content (AvgIpc) is 3.43. The smallest absolute Gasteiger partial charge is 0.326 e. The van der Waals surface area contributed by atoms with Gasteiger partial charge in [0.15, 0.2) is 5.65 Å². The van der Waals surface area contributed by atoms with Gasteiger partial charge in [-0.15, -0.1) is 0 Å². The van der Waals surface area contributed by atoms with Crippen LogP contribution in [-0.4, -0.2) is 28.7 Å². The van der Waals surface area contributed by atoms with Crippen molar-refractivity contribution in [1.29, 1.82) is 5.26 Å². The van der Waals surface area contributed by atoms with Crippen LogP contribution in [0.15, 0.2) is 41.6 Å². The van der Waals surface area contributed by atoms with Crippen LogP contribution in [-0.2, 0) is 13.1 Å². The predicted molar refractivity (Wildman–Crippen MR) is 104 cm³/mol. The van der Waals surface area contributed by atoms with Crippen molar-refractivity contribution >= 4 is 22.2 Å². The third-order valence-corrected chi connectivity index (χ3v) is 5.24. The number of rotatable bonds is 6. The number of aromatic nitrogens is 6. The van der Waals surface area contributed by atoms with Crippen LogP contribution in [0.2, 0.25) is 0 Å². The molecule has 28 heavy (non-hydrogen) atoms. The second kappa shape index (κ2) is 6.60. The number of para-hydroxylation sites is 2. The molecule has 0 radical (unpaired) electrons. The van der Waals surface area contributed by atoms with Gasteiger partial charge in [-0.3, -0.25) is 9.13 Å². The quantitative estimate of drug-likeness (QED) is 0.484. The molecule has 0 saturated heterocycles. The number of fused-ring (bicyclic) bond motifs is 2. The SMILES string of the molecule is N#CCCCn1c(Cn2c(=O)n(C3CC3)c3ncncc32)nc2ccccc21. The summed E-state index contributed by atoms with van der Waals surface area (Å²) in [7, 11) is 0. The lowest BCUT2D eigenvalue weighted by Crippen LogP contribution is -2.25. The minimum Gasteiger partial charge on any atom is -0.326 e. The molecule has 0 aliphatic heterocycles. The second-order valence-corrected chi connectivity index (χ2v) is 7.13. The molecular weight excluding hydrogens is 354 g/mol. The number of hydrogen-bond acceptors (Lipinski definition) is 5. The Hall–Kier alpha value is -3.47. The van der Waals surface area contributed by atoms with Gasteiger partial charge in [0, 0.05) is 19.0 Å². The molecule has 1 aliphatic carbocycles. The number of nitrogens with zero attached hydrogens (tertiary/aromatic N) is 7. The fourth-order valence-corrected chi connectivity index (χ4v) is 3.78. The Kier molecular flexibility index (Phi) is 3.93. The highest BCUT2D eigenvalue weighted by molar-refractivity contribution is 5.76. The van der Waals surface area contributed by atoms with Gasteiger partial charge in [-0.25, -0.2) is 19.7 Å². The van der Waals surface area contributed by atoms with E-state index in [1.54, 1.807) is 15.3 Å². The number of imidazole rings is 2. The van der Waals surface area contributed by atoms with Gasteiger partial charge in [0.1, 0.15) is 17.7 Å². The summed E-state index contributed by atoms with van der Waals surface area (Å²) < 4.78 is 5.62. The first-order chi connectivity index (χ1) is 13.8. The van der Waals surface area contributed by atoms with Crippen LogP contribution in [0.1, 0.15) is 37.5 Å². The molecule has 4 aromatic rings. The van der Waals surface area contributed by atoms with Crippen molar-refractivity contribution in [2.45, 2.75) is 44.8 Å². The summed E-state index contributed by atoms with van der Waals surface area (Å²) in [5, 5.41) is 8.89. The summed E-state index contributed by atoms with van der Waals surface area (Å²) in [5.41, 5.74) is 3.27. The zero-order valence-electron chi connectivity index (χ0n) is 15.3. The van der Waals surface area contributed by atoms with Crippen molar-refractivity contribution in [3.8, 4) is 6.07 Å². The van der Waals surface area contributed by atoms with Crippen LogP contribution in [0, 0.1) is 11.3 Å². The molecule has 3 aromatic heterocycles. The van der Waals surface area contributed by atoms with Gasteiger partial charge < -0.3 is 4.57 Å². The molecule has 0 spiro atoms. The standard InChI is InChI=1S/C20H19N7O/c21-9-3-4-10-25-16-6-2-1-5-15(16)24-18(25)12-26-17-11-22-13-23-19(17)27(20(26)28)14-7-8-14/h1-2,5-6,11,13-14H,3-4,7-8,10,12H2. The van der Waals surface area contributed by atoms with Gasteiger partial charge >= 0.3 is 5.69 Å². The number of benzene rings is 1. The Morgan fingerprint density at radius 1 is 1.18 bits per heavy atom. The van der Waals surface area contributed by atoms with Crippen LogP contribution < -0.4 is 5.69 Å². The third-order valence-electron chi connectivity index (χ3n) is 5.24. The number of nitriles is 1. The molecule has 0 amide bonds. The highest BCUT2D eigenvalue weighted by Gasteiger charge is 2.30. The Labute approximate surface area is 160 Å². The Balaban J connectivity index is 1.63. The van der Waals surface area contributed by atoms with E-state index < -0.39 is 0 Å². The fraction of sp³-hybridized carbons (Fsp3) is 0.350. The fourth-order valence-electron chi connectivity index (χ4n) is 3.78. The van der Waals surface area contributed by atoms with E-state index in [9.17, 15) is 4.79 Å². The summed E-state index contributed by atoms with van der Waals surface area (Å²) in [5.74, 6) is 0.805. The first-order valence-corrected chi connectivity index (χ1v) is 9.50. The molecule has 0 bridgehead atoms. The third kappa shape index (κ3) is 2.67. The van der Waals surface area contributed by atoms with E-state index in [0.29, 0.717) is 25.2 Å². The molecule has 0 N–H and O–H groups in total. The predicted octanol–water partition coefficient (Wildman–Crippen LogP) is 2.63. The average molecular weight is 373 g/mol. The van der Waals surface area contributed by atoms with Gasteiger partial charge in [0.05, 0.1) is 29.8 Å².